The highest BCUT2D eigenvalue weighted by Gasteiger charge is 2.02. The summed E-state index contributed by atoms with van der Waals surface area (Å²) in [5.41, 5.74) is 0. The second kappa shape index (κ2) is 9.00. The smallest absolute Gasteiger partial charge is 0.00719 e. The van der Waals surface area contributed by atoms with E-state index in [2.05, 4.69) is 55.9 Å². The molecule has 1 rings (SSSR count). The maximum absolute atomic E-state index is 2.38. The third kappa shape index (κ3) is 6.49. The zero-order valence-corrected chi connectivity index (χ0v) is 11.9. The van der Waals surface area contributed by atoms with Crippen molar-refractivity contribution in [3.05, 3.63) is 30.3 Å². The van der Waals surface area contributed by atoms with Gasteiger partial charge in [-0.25, -0.2) is 0 Å². The molecule has 1 unspecified atom stereocenters. The van der Waals surface area contributed by atoms with E-state index in [9.17, 15) is 0 Å². The molecule has 0 aliphatic rings. The minimum atomic E-state index is 0.871. The van der Waals surface area contributed by atoms with Gasteiger partial charge >= 0.3 is 0 Å². The van der Waals surface area contributed by atoms with Gasteiger partial charge in [0.1, 0.15) is 0 Å². The van der Waals surface area contributed by atoms with E-state index >= 15 is 0 Å². The van der Waals surface area contributed by atoms with Crippen LogP contribution in [0.4, 0.5) is 0 Å². The Morgan fingerprint density at radius 1 is 1.06 bits per heavy atom. The van der Waals surface area contributed by atoms with Crippen LogP contribution in [-0.2, 0) is 0 Å². The number of hydrogen-bond donors (Lipinski definition) is 0. The van der Waals surface area contributed by atoms with Crippen molar-refractivity contribution in [3.8, 4) is 0 Å². The van der Waals surface area contributed by atoms with Gasteiger partial charge in [0, 0.05) is 4.90 Å². The Balaban J connectivity index is 2.06. The van der Waals surface area contributed by atoms with Crippen LogP contribution in [0, 0.1) is 5.92 Å². The first-order valence-corrected chi connectivity index (χ1v) is 8.22. The maximum atomic E-state index is 2.38. The summed E-state index contributed by atoms with van der Waals surface area (Å²) >= 11 is 4.04. The summed E-state index contributed by atoms with van der Waals surface area (Å²) in [6.07, 6.45) is 2.71. The topological polar surface area (TPSA) is 0 Å². The molecular formula is C14H22S2. The third-order valence-corrected chi connectivity index (χ3v) is 4.56. The Morgan fingerprint density at radius 2 is 1.75 bits per heavy atom. The van der Waals surface area contributed by atoms with Crippen LogP contribution in [0.3, 0.4) is 0 Å². The maximum Gasteiger partial charge on any atom is 0.00719 e. The average molecular weight is 254 g/mol. The first-order valence-electron chi connectivity index (χ1n) is 6.08. The van der Waals surface area contributed by atoms with Crippen molar-refractivity contribution in [1.82, 2.24) is 0 Å². The average Bonchev–Trinajstić information content (AvgIpc) is 2.31. The molecule has 2 heteroatoms. The first kappa shape index (κ1) is 14.0. The fourth-order valence-corrected chi connectivity index (χ4v) is 3.43. The van der Waals surface area contributed by atoms with E-state index in [1.807, 2.05) is 11.8 Å². The van der Waals surface area contributed by atoms with E-state index in [-0.39, 0.29) is 0 Å². The van der Waals surface area contributed by atoms with E-state index in [0.717, 1.165) is 5.92 Å². The monoisotopic (exact) mass is 254 g/mol. The summed E-state index contributed by atoms with van der Waals surface area (Å²) in [5.74, 6) is 4.71. The molecule has 1 aromatic carbocycles. The van der Waals surface area contributed by atoms with Crippen molar-refractivity contribution >= 4 is 23.5 Å². The lowest BCUT2D eigenvalue weighted by molar-refractivity contribution is 0.553. The second-order valence-electron chi connectivity index (χ2n) is 4.04. The summed E-state index contributed by atoms with van der Waals surface area (Å²) in [6.45, 7) is 4.61. The number of hydrogen-bond acceptors (Lipinski definition) is 2. The third-order valence-electron chi connectivity index (χ3n) is 2.58. The molecule has 16 heavy (non-hydrogen) atoms. The summed E-state index contributed by atoms with van der Waals surface area (Å²) in [4.78, 5) is 1.40. The fraction of sp³-hybridized carbons (Fsp3) is 0.571. The number of thioether (sulfide) groups is 2. The number of rotatable bonds is 8. The van der Waals surface area contributed by atoms with Crippen molar-refractivity contribution in [2.75, 3.05) is 17.3 Å². The van der Waals surface area contributed by atoms with Crippen LogP contribution in [0.2, 0.25) is 0 Å². The quantitative estimate of drug-likeness (QED) is 0.475. The van der Waals surface area contributed by atoms with E-state index < -0.39 is 0 Å². The Bertz CT molecular complexity index is 259. The molecule has 0 heterocycles. The minimum absolute atomic E-state index is 0.871. The zero-order chi connectivity index (χ0) is 11.6. The Hall–Kier alpha value is -0.0800. The van der Waals surface area contributed by atoms with E-state index in [1.54, 1.807) is 0 Å². The van der Waals surface area contributed by atoms with Gasteiger partial charge in [-0.05, 0) is 48.2 Å². The summed E-state index contributed by atoms with van der Waals surface area (Å²) in [6, 6.07) is 10.7. The Morgan fingerprint density at radius 3 is 2.44 bits per heavy atom. The normalized spacial score (nSPS) is 12.6. The highest BCUT2D eigenvalue weighted by Crippen LogP contribution is 2.21. The molecule has 0 aliphatic carbocycles. The molecule has 0 nitrogen and oxygen atoms in total. The van der Waals surface area contributed by atoms with Gasteiger partial charge in [-0.1, -0.05) is 32.0 Å². The van der Waals surface area contributed by atoms with Crippen LogP contribution < -0.4 is 0 Å². The van der Waals surface area contributed by atoms with Gasteiger partial charge in [0.15, 0.2) is 0 Å². The van der Waals surface area contributed by atoms with Gasteiger partial charge in [-0.15, -0.1) is 11.8 Å². The van der Waals surface area contributed by atoms with Crippen molar-refractivity contribution in [1.29, 1.82) is 0 Å². The fourth-order valence-electron chi connectivity index (χ4n) is 1.47. The van der Waals surface area contributed by atoms with Crippen molar-refractivity contribution in [3.63, 3.8) is 0 Å². The molecular weight excluding hydrogens is 232 g/mol. The van der Waals surface area contributed by atoms with Crippen molar-refractivity contribution in [2.45, 2.75) is 31.6 Å². The lowest BCUT2D eigenvalue weighted by Gasteiger charge is -2.10. The van der Waals surface area contributed by atoms with Crippen LogP contribution >= 0.6 is 23.5 Å². The molecule has 90 valence electrons. The summed E-state index contributed by atoms with van der Waals surface area (Å²) in [5, 5.41) is 0. The molecule has 0 aromatic heterocycles. The molecule has 1 atom stereocenters. The van der Waals surface area contributed by atoms with Crippen LogP contribution in [0.15, 0.2) is 35.2 Å². The molecule has 0 bridgehead atoms. The molecule has 0 fully saturated rings. The van der Waals surface area contributed by atoms with Crippen molar-refractivity contribution < 1.29 is 0 Å². The summed E-state index contributed by atoms with van der Waals surface area (Å²) in [7, 11) is 0. The lowest BCUT2D eigenvalue weighted by atomic mass is 10.1. The SMILES string of the molecule is CCSCCC(C)CCSc1ccccc1. The number of benzene rings is 1. The predicted octanol–water partition coefficient (Wildman–Crippen LogP) is 4.95. The molecule has 0 aliphatic heterocycles. The van der Waals surface area contributed by atoms with Gasteiger partial charge in [-0.3, -0.25) is 0 Å². The minimum Gasteiger partial charge on any atom is -0.162 e. The molecule has 0 radical (unpaired) electrons. The Kier molecular flexibility index (Phi) is 7.87. The van der Waals surface area contributed by atoms with Gasteiger partial charge < -0.3 is 0 Å². The summed E-state index contributed by atoms with van der Waals surface area (Å²) < 4.78 is 0. The van der Waals surface area contributed by atoms with Gasteiger partial charge in [-0.2, -0.15) is 11.8 Å². The molecule has 0 N–H and O–H groups in total. The lowest BCUT2D eigenvalue weighted by Crippen LogP contribution is -1.98. The van der Waals surface area contributed by atoms with Crippen molar-refractivity contribution in [2.24, 2.45) is 5.92 Å². The van der Waals surface area contributed by atoms with Gasteiger partial charge in [0.05, 0.1) is 0 Å². The highest BCUT2D eigenvalue weighted by molar-refractivity contribution is 7.99. The van der Waals surface area contributed by atoms with Crippen LogP contribution in [0.25, 0.3) is 0 Å². The highest BCUT2D eigenvalue weighted by atomic mass is 32.2. The second-order valence-corrected chi connectivity index (χ2v) is 6.60. The molecule has 1 aromatic rings. The standard InChI is InChI=1S/C14H22S2/c1-3-15-11-9-13(2)10-12-16-14-7-5-4-6-8-14/h4-8,13H,3,9-12H2,1-2H3. The Labute approximate surface area is 109 Å². The molecule has 0 amide bonds. The van der Waals surface area contributed by atoms with E-state index in [0.29, 0.717) is 0 Å². The first-order chi connectivity index (χ1) is 7.83. The van der Waals surface area contributed by atoms with Crippen LogP contribution in [0.5, 0.6) is 0 Å². The zero-order valence-electron chi connectivity index (χ0n) is 10.3. The van der Waals surface area contributed by atoms with E-state index in [4.69, 9.17) is 0 Å². The predicted molar refractivity (Wildman–Crippen MR) is 78.6 cm³/mol. The van der Waals surface area contributed by atoms with Crippen LogP contribution in [0.1, 0.15) is 26.7 Å². The van der Waals surface area contributed by atoms with Gasteiger partial charge in [0.2, 0.25) is 0 Å². The van der Waals surface area contributed by atoms with E-state index in [1.165, 1.54) is 35.0 Å². The molecule has 0 spiro atoms. The van der Waals surface area contributed by atoms with Gasteiger partial charge in [0.25, 0.3) is 0 Å². The van der Waals surface area contributed by atoms with Crippen LogP contribution in [-0.4, -0.2) is 17.3 Å². The molecule has 0 saturated carbocycles. The molecule has 0 saturated heterocycles. The largest absolute Gasteiger partial charge is 0.162 e.